The average Bonchev–Trinajstić information content (AvgIpc) is 2.74. The van der Waals surface area contributed by atoms with Crippen LogP contribution in [0.5, 0.6) is 0 Å². The SMILES string of the molecule is Cc1nc(NC(=O)/C=C\c2ccc(F)cc2)n[nH]1. The summed E-state index contributed by atoms with van der Waals surface area (Å²) in [6.45, 7) is 1.73. The van der Waals surface area contributed by atoms with Gasteiger partial charge in [-0.2, -0.15) is 4.98 Å². The van der Waals surface area contributed by atoms with Gasteiger partial charge in [-0.15, -0.1) is 5.10 Å². The van der Waals surface area contributed by atoms with E-state index in [9.17, 15) is 9.18 Å². The Morgan fingerprint density at radius 2 is 2.11 bits per heavy atom. The second-order valence-electron chi connectivity index (χ2n) is 3.62. The van der Waals surface area contributed by atoms with E-state index < -0.39 is 0 Å². The van der Waals surface area contributed by atoms with Crippen molar-refractivity contribution in [2.24, 2.45) is 0 Å². The molecule has 1 aromatic heterocycles. The van der Waals surface area contributed by atoms with Crippen LogP contribution in [-0.2, 0) is 4.79 Å². The van der Waals surface area contributed by atoms with Gasteiger partial charge in [-0.05, 0) is 30.7 Å². The molecule has 1 amide bonds. The molecule has 18 heavy (non-hydrogen) atoms. The van der Waals surface area contributed by atoms with Gasteiger partial charge in [0.05, 0.1) is 0 Å². The number of aromatic amines is 1. The van der Waals surface area contributed by atoms with Crippen molar-refractivity contribution in [1.29, 1.82) is 0 Å². The Bertz CT molecular complexity index is 574. The van der Waals surface area contributed by atoms with Crippen molar-refractivity contribution in [3.05, 3.63) is 47.5 Å². The maximum atomic E-state index is 12.7. The Hall–Kier alpha value is -2.50. The van der Waals surface area contributed by atoms with E-state index in [1.54, 1.807) is 25.1 Å². The third-order valence-electron chi connectivity index (χ3n) is 2.13. The minimum Gasteiger partial charge on any atom is -0.290 e. The predicted octanol–water partition coefficient (Wildman–Crippen LogP) is 1.90. The van der Waals surface area contributed by atoms with Crippen molar-refractivity contribution in [1.82, 2.24) is 15.2 Å². The van der Waals surface area contributed by atoms with Crippen LogP contribution in [0.1, 0.15) is 11.4 Å². The maximum Gasteiger partial charge on any atom is 0.250 e. The van der Waals surface area contributed by atoms with E-state index in [4.69, 9.17) is 0 Å². The summed E-state index contributed by atoms with van der Waals surface area (Å²) in [7, 11) is 0. The van der Waals surface area contributed by atoms with Gasteiger partial charge >= 0.3 is 0 Å². The van der Waals surface area contributed by atoms with Gasteiger partial charge in [-0.25, -0.2) is 4.39 Å². The summed E-state index contributed by atoms with van der Waals surface area (Å²) in [4.78, 5) is 15.4. The van der Waals surface area contributed by atoms with Crippen LogP contribution < -0.4 is 5.32 Å². The highest BCUT2D eigenvalue weighted by Gasteiger charge is 2.02. The summed E-state index contributed by atoms with van der Waals surface area (Å²) in [5.74, 6) is 0.181. The molecule has 0 saturated heterocycles. The minimum atomic E-state index is -0.349. The molecule has 5 nitrogen and oxygen atoms in total. The van der Waals surface area contributed by atoms with Crippen LogP contribution in [-0.4, -0.2) is 21.1 Å². The zero-order valence-corrected chi connectivity index (χ0v) is 9.64. The van der Waals surface area contributed by atoms with Gasteiger partial charge in [-0.1, -0.05) is 12.1 Å². The highest BCUT2D eigenvalue weighted by atomic mass is 19.1. The molecular weight excluding hydrogens is 235 g/mol. The second-order valence-corrected chi connectivity index (χ2v) is 3.62. The molecule has 0 atom stereocenters. The van der Waals surface area contributed by atoms with Crippen LogP contribution in [0.3, 0.4) is 0 Å². The number of carbonyl (C=O) groups is 1. The van der Waals surface area contributed by atoms with Gasteiger partial charge in [0.15, 0.2) is 0 Å². The lowest BCUT2D eigenvalue weighted by atomic mass is 10.2. The molecule has 2 N–H and O–H groups in total. The fraction of sp³-hybridized carbons (Fsp3) is 0.0833. The number of aryl methyl sites for hydroxylation is 1. The van der Waals surface area contributed by atoms with Crippen LogP contribution in [0, 0.1) is 12.7 Å². The van der Waals surface area contributed by atoms with Crippen molar-refractivity contribution in [3.8, 4) is 0 Å². The molecule has 2 aromatic rings. The number of nitrogens with zero attached hydrogens (tertiary/aromatic N) is 2. The first-order chi connectivity index (χ1) is 8.63. The number of hydrogen-bond acceptors (Lipinski definition) is 3. The summed E-state index contributed by atoms with van der Waals surface area (Å²) in [6, 6.07) is 5.82. The van der Waals surface area contributed by atoms with Crippen LogP contribution >= 0.6 is 0 Å². The van der Waals surface area contributed by atoms with E-state index in [2.05, 4.69) is 20.5 Å². The molecule has 0 spiro atoms. The third kappa shape index (κ3) is 3.24. The third-order valence-corrected chi connectivity index (χ3v) is 2.13. The molecule has 0 aliphatic carbocycles. The first-order valence-corrected chi connectivity index (χ1v) is 5.27. The Kier molecular flexibility index (Phi) is 3.47. The molecule has 92 valence electrons. The van der Waals surface area contributed by atoms with Crippen molar-refractivity contribution in [3.63, 3.8) is 0 Å². The number of benzene rings is 1. The Labute approximate surface area is 103 Å². The van der Waals surface area contributed by atoms with E-state index >= 15 is 0 Å². The van der Waals surface area contributed by atoms with Gasteiger partial charge in [0.1, 0.15) is 11.6 Å². The quantitative estimate of drug-likeness (QED) is 0.812. The zero-order valence-electron chi connectivity index (χ0n) is 9.64. The summed E-state index contributed by atoms with van der Waals surface area (Å²) in [5, 5.41) is 8.87. The molecule has 0 aliphatic rings. The van der Waals surface area contributed by atoms with Gasteiger partial charge in [-0.3, -0.25) is 15.2 Å². The Balaban J connectivity index is 1.96. The second kappa shape index (κ2) is 5.22. The van der Waals surface area contributed by atoms with Crippen molar-refractivity contribution >= 4 is 17.9 Å². The van der Waals surface area contributed by atoms with E-state index in [0.29, 0.717) is 5.82 Å². The number of anilines is 1. The largest absolute Gasteiger partial charge is 0.290 e. The number of aromatic nitrogens is 3. The highest BCUT2D eigenvalue weighted by molar-refractivity contribution is 6.00. The molecule has 1 heterocycles. The molecule has 6 heteroatoms. The van der Waals surface area contributed by atoms with Gasteiger partial charge in [0.2, 0.25) is 5.95 Å². The van der Waals surface area contributed by atoms with Crippen LogP contribution in [0.4, 0.5) is 10.3 Å². The monoisotopic (exact) mass is 246 g/mol. The Morgan fingerprint density at radius 1 is 1.39 bits per heavy atom. The van der Waals surface area contributed by atoms with Crippen molar-refractivity contribution < 1.29 is 9.18 Å². The number of H-pyrrole nitrogens is 1. The average molecular weight is 246 g/mol. The summed E-state index contributed by atoms with van der Waals surface area (Å²) < 4.78 is 12.7. The molecule has 0 aliphatic heterocycles. The smallest absolute Gasteiger partial charge is 0.250 e. The van der Waals surface area contributed by atoms with Crippen LogP contribution in [0.25, 0.3) is 6.08 Å². The maximum absolute atomic E-state index is 12.7. The lowest BCUT2D eigenvalue weighted by Gasteiger charge is -1.95. The number of amides is 1. The molecule has 2 rings (SSSR count). The predicted molar refractivity (Wildman–Crippen MR) is 65.2 cm³/mol. The number of nitrogens with one attached hydrogen (secondary N) is 2. The molecule has 0 bridgehead atoms. The normalized spacial score (nSPS) is 10.8. The molecule has 1 aromatic carbocycles. The fourth-order valence-corrected chi connectivity index (χ4v) is 1.30. The van der Waals surface area contributed by atoms with Gasteiger partial charge in [0, 0.05) is 6.08 Å². The molecule has 0 unspecified atom stereocenters. The fourth-order valence-electron chi connectivity index (χ4n) is 1.30. The zero-order chi connectivity index (χ0) is 13.0. The molecule has 0 saturated carbocycles. The van der Waals surface area contributed by atoms with E-state index in [1.807, 2.05) is 0 Å². The number of hydrogen-bond donors (Lipinski definition) is 2. The summed E-state index contributed by atoms with van der Waals surface area (Å²) >= 11 is 0. The number of carbonyl (C=O) groups excluding carboxylic acids is 1. The summed E-state index contributed by atoms with van der Waals surface area (Å²) in [6.07, 6.45) is 2.91. The van der Waals surface area contributed by atoms with Gasteiger partial charge in [0.25, 0.3) is 5.91 Å². The van der Waals surface area contributed by atoms with Crippen LogP contribution in [0.15, 0.2) is 30.3 Å². The van der Waals surface area contributed by atoms with Gasteiger partial charge < -0.3 is 0 Å². The first-order valence-electron chi connectivity index (χ1n) is 5.27. The molecular formula is C12H11FN4O. The van der Waals surface area contributed by atoms with E-state index in [0.717, 1.165) is 5.56 Å². The van der Waals surface area contributed by atoms with E-state index in [-0.39, 0.29) is 17.7 Å². The lowest BCUT2D eigenvalue weighted by molar-refractivity contribution is -0.111. The molecule has 0 radical (unpaired) electrons. The number of rotatable bonds is 3. The van der Waals surface area contributed by atoms with Crippen molar-refractivity contribution in [2.75, 3.05) is 5.32 Å². The standard InChI is InChI=1S/C12H11FN4O/c1-8-14-12(17-16-8)15-11(18)7-4-9-2-5-10(13)6-3-9/h2-7H,1H3,(H2,14,15,16,17,18)/b7-4-. The minimum absolute atomic E-state index is 0.223. The van der Waals surface area contributed by atoms with Crippen molar-refractivity contribution in [2.45, 2.75) is 6.92 Å². The number of halogens is 1. The topological polar surface area (TPSA) is 70.7 Å². The first kappa shape index (κ1) is 12.0. The summed E-state index contributed by atoms with van der Waals surface area (Å²) in [5.41, 5.74) is 0.734. The highest BCUT2D eigenvalue weighted by Crippen LogP contribution is 2.05. The Morgan fingerprint density at radius 3 is 2.72 bits per heavy atom. The van der Waals surface area contributed by atoms with Crippen LogP contribution in [0.2, 0.25) is 0 Å². The lowest BCUT2D eigenvalue weighted by Crippen LogP contribution is -2.09. The molecule has 0 fully saturated rings. The van der Waals surface area contributed by atoms with E-state index in [1.165, 1.54) is 18.2 Å².